The first-order valence-electron chi connectivity index (χ1n) is 7.91. The van der Waals surface area contributed by atoms with Crippen molar-refractivity contribution >= 4 is 29.5 Å². The number of carbonyl (C=O) groups is 1. The molecule has 0 aliphatic carbocycles. The summed E-state index contributed by atoms with van der Waals surface area (Å²) < 4.78 is 29.0. The molecule has 0 unspecified atom stereocenters. The van der Waals surface area contributed by atoms with Crippen molar-refractivity contribution in [2.24, 2.45) is 4.99 Å². The van der Waals surface area contributed by atoms with Gasteiger partial charge in [-0.3, -0.25) is 0 Å². The number of esters is 1. The van der Waals surface area contributed by atoms with Crippen molar-refractivity contribution < 1.29 is 23.4 Å². The van der Waals surface area contributed by atoms with E-state index in [0.29, 0.717) is 27.6 Å². The molecule has 7 heteroatoms. The van der Waals surface area contributed by atoms with Gasteiger partial charge >= 0.3 is 5.97 Å². The average Bonchev–Trinajstić information content (AvgIpc) is 3.01. The summed E-state index contributed by atoms with van der Waals surface area (Å²) in [6.07, 6.45) is 3.11. The highest BCUT2D eigenvalue weighted by molar-refractivity contribution is 6.32. The molecule has 0 saturated carbocycles. The minimum atomic E-state index is -0.614. The number of nitrogens with zero attached hydrogens (tertiary/aromatic N) is 1. The number of aliphatic imine (C=N–C) groups is 1. The molecule has 0 spiro atoms. The Kier molecular flexibility index (Phi) is 5.57. The SMILES string of the molecule is C=CCOc1c(Cl)cc(/C=C2/N=C(c3ccc(F)cc3)OC2=O)cc1OC. The average molecular weight is 388 g/mol. The zero-order valence-corrected chi connectivity index (χ0v) is 15.1. The Morgan fingerprint density at radius 3 is 2.70 bits per heavy atom. The number of hydrogen-bond donors (Lipinski definition) is 0. The van der Waals surface area contributed by atoms with Gasteiger partial charge in [-0.2, -0.15) is 0 Å². The van der Waals surface area contributed by atoms with E-state index in [1.807, 2.05) is 0 Å². The molecule has 0 radical (unpaired) electrons. The first-order valence-corrected chi connectivity index (χ1v) is 8.29. The van der Waals surface area contributed by atoms with E-state index in [1.54, 1.807) is 18.2 Å². The van der Waals surface area contributed by atoms with Gasteiger partial charge in [0.1, 0.15) is 12.4 Å². The summed E-state index contributed by atoms with van der Waals surface area (Å²) in [4.78, 5) is 16.3. The van der Waals surface area contributed by atoms with Crippen LogP contribution in [-0.2, 0) is 9.53 Å². The van der Waals surface area contributed by atoms with Crippen LogP contribution >= 0.6 is 11.6 Å². The maximum Gasteiger partial charge on any atom is 0.363 e. The number of hydrogen-bond acceptors (Lipinski definition) is 5. The third kappa shape index (κ3) is 4.17. The minimum absolute atomic E-state index is 0.0900. The van der Waals surface area contributed by atoms with E-state index in [1.165, 1.54) is 37.5 Å². The Morgan fingerprint density at radius 2 is 2.04 bits per heavy atom. The molecule has 0 aromatic heterocycles. The third-order valence-corrected chi connectivity index (χ3v) is 3.89. The highest BCUT2D eigenvalue weighted by Crippen LogP contribution is 2.37. The lowest BCUT2D eigenvalue weighted by molar-refractivity contribution is -0.129. The van der Waals surface area contributed by atoms with Crippen LogP contribution < -0.4 is 9.47 Å². The zero-order chi connectivity index (χ0) is 19.4. The summed E-state index contributed by atoms with van der Waals surface area (Å²) in [5.74, 6) is -0.109. The fourth-order valence-electron chi connectivity index (χ4n) is 2.39. The molecule has 5 nitrogen and oxygen atoms in total. The van der Waals surface area contributed by atoms with Gasteiger partial charge in [-0.15, -0.1) is 0 Å². The van der Waals surface area contributed by atoms with Crippen LogP contribution in [-0.4, -0.2) is 25.6 Å². The van der Waals surface area contributed by atoms with Crippen LogP contribution in [0.15, 0.2) is 59.7 Å². The molecule has 0 saturated heterocycles. The molecule has 2 aromatic rings. The third-order valence-electron chi connectivity index (χ3n) is 3.61. The van der Waals surface area contributed by atoms with Gasteiger partial charge in [-0.05, 0) is 48.0 Å². The number of benzene rings is 2. The molecule has 27 heavy (non-hydrogen) atoms. The highest BCUT2D eigenvalue weighted by Gasteiger charge is 2.24. The van der Waals surface area contributed by atoms with Crippen molar-refractivity contribution in [3.8, 4) is 11.5 Å². The predicted molar refractivity (Wildman–Crippen MR) is 101 cm³/mol. The second-order valence-corrected chi connectivity index (χ2v) is 5.88. The fourth-order valence-corrected chi connectivity index (χ4v) is 2.66. The van der Waals surface area contributed by atoms with E-state index >= 15 is 0 Å². The van der Waals surface area contributed by atoms with Crippen LogP contribution in [0.5, 0.6) is 11.5 Å². The molecule has 3 rings (SSSR count). The van der Waals surface area contributed by atoms with Gasteiger partial charge in [0.2, 0.25) is 5.90 Å². The van der Waals surface area contributed by atoms with E-state index in [-0.39, 0.29) is 24.0 Å². The van der Waals surface area contributed by atoms with Gasteiger partial charge in [0, 0.05) is 5.56 Å². The van der Waals surface area contributed by atoms with Crippen molar-refractivity contribution in [1.29, 1.82) is 0 Å². The zero-order valence-electron chi connectivity index (χ0n) is 14.4. The molecule has 0 N–H and O–H groups in total. The summed E-state index contributed by atoms with van der Waals surface area (Å²) >= 11 is 6.25. The topological polar surface area (TPSA) is 57.1 Å². The van der Waals surface area contributed by atoms with Gasteiger partial charge in [0.25, 0.3) is 0 Å². The first-order chi connectivity index (χ1) is 13.0. The van der Waals surface area contributed by atoms with Gasteiger partial charge in [-0.1, -0.05) is 24.3 Å². The fraction of sp³-hybridized carbons (Fsp3) is 0.100. The van der Waals surface area contributed by atoms with Crippen LogP contribution in [0.25, 0.3) is 6.08 Å². The van der Waals surface area contributed by atoms with Crippen LogP contribution in [0.4, 0.5) is 4.39 Å². The summed E-state index contributed by atoms with van der Waals surface area (Å²) in [7, 11) is 1.48. The Hall–Kier alpha value is -3.12. The first kappa shape index (κ1) is 18.7. The number of cyclic esters (lactones) is 1. The van der Waals surface area contributed by atoms with E-state index in [4.69, 9.17) is 25.8 Å². The van der Waals surface area contributed by atoms with Crippen LogP contribution in [0, 0.1) is 5.82 Å². The largest absolute Gasteiger partial charge is 0.493 e. The Bertz CT molecular complexity index is 951. The number of ether oxygens (including phenoxy) is 3. The lowest BCUT2D eigenvalue weighted by atomic mass is 10.1. The molecular weight excluding hydrogens is 373 g/mol. The monoisotopic (exact) mass is 387 g/mol. The molecule has 0 bridgehead atoms. The van der Waals surface area contributed by atoms with E-state index < -0.39 is 5.97 Å². The molecule has 1 aliphatic rings. The van der Waals surface area contributed by atoms with Crippen LogP contribution in [0.2, 0.25) is 5.02 Å². The molecule has 0 fully saturated rings. The normalized spacial score (nSPS) is 14.7. The molecule has 0 amide bonds. The number of rotatable bonds is 6. The van der Waals surface area contributed by atoms with Crippen LogP contribution in [0.1, 0.15) is 11.1 Å². The summed E-state index contributed by atoms with van der Waals surface area (Å²) in [6.45, 7) is 3.86. The van der Waals surface area contributed by atoms with Gasteiger partial charge in [0.05, 0.1) is 12.1 Å². The Balaban J connectivity index is 1.93. The maximum atomic E-state index is 13.0. The van der Waals surface area contributed by atoms with Crippen molar-refractivity contribution in [2.75, 3.05) is 13.7 Å². The highest BCUT2D eigenvalue weighted by atomic mass is 35.5. The lowest BCUT2D eigenvalue weighted by Crippen LogP contribution is -2.05. The van der Waals surface area contributed by atoms with E-state index in [0.717, 1.165) is 0 Å². The molecule has 0 atom stereocenters. The molecule has 1 heterocycles. The number of halogens is 2. The summed E-state index contributed by atoms with van der Waals surface area (Å²) in [5, 5.41) is 0.317. The maximum absolute atomic E-state index is 13.0. The minimum Gasteiger partial charge on any atom is -0.493 e. The lowest BCUT2D eigenvalue weighted by Gasteiger charge is -2.12. The van der Waals surface area contributed by atoms with Gasteiger partial charge in [-0.25, -0.2) is 14.2 Å². The summed E-state index contributed by atoms with van der Waals surface area (Å²) in [6, 6.07) is 8.77. The van der Waals surface area contributed by atoms with Crippen molar-refractivity contribution in [1.82, 2.24) is 0 Å². The van der Waals surface area contributed by atoms with Crippen molar-refractivity contribution in [2.45, 2.75) is 0 Å². The second-order valence-electron chi connectivity index (χ2n) is 5.48. The van der Waals surface area contributed by atoms with Crippen molar-refractivity contribution in [3.05, 3.63) is 76.7 Å². The Morgan fingerprint density at radius 1 is 1.30 bits per heavy atom. The summed E-state index contributed by atoms with van der Waals surface area (Å²) in [5.41, 5.74) is 1.17. The quantitative estimate of drug-likeness (QED) is 0.419. The second kappa shape index (κ2) is 8.05. The molecule has 138 valence electrons. The van der Waals surface area contributed by atoms with Crippen LogP contribution in [0.3, 0.4) is 0 Å². The Labute approximate surface area is 160 Å². The molecule has 1 aliphatic heterocycles. The van der Waals surface area contributed by atoms with E-state index in [9.17, 15) is 9.18 Å². The van der Waals surface area contributed by atoms with Gasteiger partial charge < -0.3 is 14.2 Å². The number of methoxy groups -OCH3 is 1. The van der Waals surface area contributed by atoms with Gasteiger partial charge in [0.15, 0.2) is 17.2 Å². The smallest absolute Gasteiger partial charge is 0.363 e. The predicted octanol–water partition coefficient (Wildman–Crippen LogP) is 4.40. The molecule has 2 aromatic carbocycles. The molecular formula is C20H15ClFNO4. The number of carbonyl (C=O) groups excluding carboxylic acids is 1. The van der Waals surface area contributed by atoms with Crippen molar-refractivity contribution in [3.63, 3.8) is 0 Å². The van der Waals surface area contributed by atoms with E-state index in [2.05, 4.69) is 11.6 Å². The standard InChI is InChI=1S/C20H15ClFNO4/c1-3-8-26-18-15(21)9-12(11-17(18)25-2)10-16-20(24)27-19(23-16)13-4-6-14(22)7-5-13/h3-7,9-11H,1,8H2,2H3/b16-10+.